The third-order valence-corrected chi connectivity index (χ3v) is 4.76. The molecule has 0 radical (unpaired) electrons. The Morgan fingerprint density at radius 1 is 1.43 bits per heavy atom. The molecule has 1 aromatic carbocycles. The maximum absolute atomic E-state index is 12.6. The smallest absolute Gasteiger partial charge is 0.325 e. The van der Waals surface area contributed by atoms with Crippen LogP contribution in [-0.4, -0.2) is 42.6 Å². The second kappa shape index (κ2) is 5.31. The molecule has 0 bridgehead atoms. The Kier molecular flexibility index (Phi) is 3.62. The van der Waals surface area contributed by atoms with E-state index in [0.717, 1.165) is 16.6 Å². The van der Waals surface area contributed by atoms with Crippen LogP contribution in [-0.2, 0) is 11.3 Å². The number of ether oxygens (including phenoxy) is 1. The number of nitrogens with zero attached hydrogens (tertiary/aromatic N) is 1. The van der Waals surface area contributed by atoms with Crippen molar-refractivity contribution in [3.63, 3.8) is 0 Å². The fourth-order valence-electron chi connectivity index (χ4n) is 2.77. The summed E-state index contributed by atoms with van der Waals surface area (Å²) in [5.74, 6) is 0.532. The molecule has 2 heterocycles. The minimum atomic E-state index is -0.761. The Hall–Kier alpha value is -1.60. The van der Waals surface area contributed by atoms with Crippen molar-refractivity contribution < 1.29 is 14.3 Å². The second-order valence-corrected chi connectivity index (χ2v) is 6.14. The van der Waals surface area contributed by atoms with Gasteiger partial charge in [0.25, 0.3) is 5.91 Å². The molecule has 21 heavy (non-hydrogen) atoms. The standard InChI is InChI=1S/C14H16BrN3O3/c1-21-10-2-3-11(15)9(6-10)7-18-12(19)14(17-13(18)20)4-5-16-8-14/h2-3,6,16H,4-5,7-8H2,1H3,(H,17,20). The summed E-state index contributed by atoms with van der Waals surface area (Å²) >= 11 is 3.44. The van der Waals surface area contributed by atoms with Gasteiger partial charge in [0.2, 0.25) is 0 Å². The molecule has 0 aliphatic carbocycles. The van der Waals surface area contributed by atoms with Crippen molar-refractivity contribution in [2.24, 2.45) is 0 Å². The van der Waals surface area contributed by atoms with Gasteiger partial charge in [0.15, 0.2) is 0 Å². The van der Waals surface area contributed by atoms with Crippen molar-refractivity contribution in [3.05, 3.63) is 28.2 Å². The predicted molar refractivity (Wildman–Crippen MR) is 80.0 cm³/mol. The third kappa shape index (κ3) is 2.40. The summed E-state index contributed by atoms with van der Waals surface area (Å²) < 4.78 is 6.03. The van der Waals surface area contributed by atoms with Gasteiger partial charge in [0.05, 0.1) is 13.7 Å². The minimum absolute atomic E-state index is 0.160. The number of benzene rings is 1. The van der Waals surface area contributed by atoms with E-state index in [2.05, 4.69) is 26.6 Å². The lowest BCUT2D eigenvalue weighted by atomic mass is 9.99. The van der Waals surface area contributed by atoms with E-state index in [-0.39, 0.29) is 18.5 Å². The van der Waals surface area contributed by atoms with Gasteiger partial charge in [-0.1, -0.05) is 15.9 Å². The molecular formula is C14H16BrN3O3. The minimum Gasteiger partial charge on any atom is -0.497 e. The third-order valence-electron chi connectivity index (χ3n) is 3.98. The molecule has 1 unspecified atom stereocenters. The second-order valence-electron chi connectivity index (χ2n) is 5.29. The van der Waals surface area contributed by atoms with Gasteiger partial charge in [-0.2, -0.15) is 0 Å². The summed E-state index contributed by atoms with van der Waals surface area (Å²) in [6, 6.07) is 5.16. The highest BCUT2D eigenvalue weighted by Crippen LogP contribution is 2.29. The highest BCUT2D eigenvalue weighted by Gasteiger charge is 2.52. The Bertz CT molecular complexity index is 599. The molecule has 0 saturated carbocycles. The Morgan fingerprint density at radius 3 is 2.90 bits per heavy atom. The molecule has 1 aromatic rings. The van der Waals surface area contributed by atoms with Crippen molar-refractivity contribution in [3.8, 4) is 5.75 Å². The van der Waals surface area contributed by atoms with Crippen LogP contribution in [0.2, 0.25) is 0 Å². The van der Waals surface area contributed by atoms with E-state index in [1.807, 2.05) is 18.2 Å². The van der Waals surface area contributed by atoms with Crippen LogP contribution in [0.15, 0.2) is 22.7 Å². The van der Waals surface area contributed by atoms with E-state index in [1.54, 1.807) is 7.11 Å². The quantitative estimate of drug-likeness (QED) is 0.802. The van der Waals surface area contributed by atoms with Crippen LogP contribution < -0.4 is 15.4 Å². The van der Waals surface area contributed by atoms with Crippen LogP contribution in [0.4, 0.5) is 4.79 Å². The lowest BCUT2D eigenvalue weighted by molar-refractivity contribution is -0.131. The van der Waals surface area contributed by atoms with E-state index in [1.165, 1.54) is 4.90 Å². The average molecular weight is 354 g/mol. The van der Waals surface area contributed by atoms with Crippen LogP contribution in [0.1, 0.15) is 12.0 Å². The number of nitrogens with one attached hydrogen (secondary N) is 2. The molecule has 1 spiro atoms. The van der Waals surface area contributed by atoms with Crippen LogP contribution in [0.3, 0.4) is 0 Å². The first-order valence-electron chi connectivity index (χ1n) is 6.73. The molecule has 112 valence electrons. The van der Waals surface area contributed by atoms with Crippen molar-refractivity contribution >= 4 is 27.9 Å². The van der Waals surface area contributed by atoms with Crippen molar-refractivity contribution in [2.45, 2.75) is 18.5 Å². The normalized spacial score (nSPS) is 24.8. The molecule has 2 saturated heterocycles. The molecule has 3 amide bonds. The summed E-state index contributed by atoms with van der Waals surface area (Å²) in [6.07, 6.45) is 0.632. The number of urea groups is 1. The summed E-state index contributed by atoms with van der Waals surface area (Å²) in [7, 11) is 1.58. The number of amides is 3. The number of hydrogen-bond acceptors (Lipinski definition) is 4. The van der Waals surface area contributed by atoms with E-state index in [0.29, 0.717) is 18.7 Å². The van der Waals surface area contributed by atoms with Gasteiger partial charge >= 0.3 is 6.03 Å². The molecule has 2 fully saturated rings. The fraction of sp³-hybridized carbons (Fsp3) is 0.429. The molecule has 2 N–H and O–H groups in total. The zero-order valence-electron chi connectivity index (χ0n) is 11.6. The Balaban J connectivity index is 1.85. The first-order chi connectivity index (χ1) is 10.1. The Labute approximate surface area is 131 Å². The number of carbonyl (C=O) groups excluding carboxylic acids is 2. The number of halogens is 1. The number of hydrogen-bond donors (Lipinski definition) is 2. The van der Waals surface area contributed by atoms with Gasteiger partial charge in [0.1, 0.15) is 11.3 Å². The highest BCUT2D eigenvalue weighted by atomic mass is 79.9. The molecule has 1 atom stereocenters. The van der Waals surface area contributed by atoms with Crippen LogP contribution in [0.5, 0.6) is 5.75 Å². The topological polar surface area (TPSA) is 70.7 Å². The first-order valence-corrected chi connectivity index (χ1v) is 7.52. The molecule has 2 aliphatic heterocycles. The maximum atomic E-state index is 12.6. The van der Waals surface area contributed by atoms with E-state index in [9.17, 15) is 9.59 Å². The van der Waals surface area contributed by atoms with Gasteiger partial charge in [-0.25, -0.2) is 4.79 Å². The van der Waals surface area contributed by atoms with Crippen molar-refractivity contribution in [1.82, 2.24) is 15.5 Å². The van der Waals surface area contributed by atoms with E-state index >= 15 is 0 Å². The number of rotatable bonds is 3. The average Bonchev–Trinajstić information content (AvgIpc) is 3.02. The van der Waals surface area contributed by atoms with Crippen LogP contribution >= 0.6 is 15.9 Å². The van der Waals surface area contributed by atoms with Gasteiger partial charge in [0, 0.05) is 11.0 Å². The van der Waals surface area contributed by atoms with Gasteiger partial charge < -0.3 is 15.4 Å². The van der Waals surface area contributed by atoms with Gasteiger partial charge in [-0.15, -0.1) is 0 Å². The van der Waals surface area contributed by atoms with E-state index in [4.69, 9.17) is 4.74 Å². The fourth-order valence-corrected chi connectivity index (χ4v) is 3.14. The largest absolute Gasteiger partial charge is 0.497 e. The van der Waals surface area contributed by atoms with Gasteiger partial charge in [-0.3, -0.25) is 9.69 Å². The van der Waals surface area contributed by atoms with Crippen molar-refractivity contribution in [2.75, 3.05) is 20.2 Å². The SMILES string of the molecule is COc1ccc(Br)c(CN2C(=O)NC3(CCNC3)C2=O)c1. The zero-order valence-corrected chi connectivity index (χ0v) is 13.2. The number of carbonyl (C=O) groups is 2. The summed E-state index contributed by atoms with van der Waals surface area (Å²) in [5, 5.41) is 5.95. The van der Waals surface area contributed by atoms with E-state index < -0.39 is 5.54 Å². The molecule has 0 aromatic heterocycles. The summed E-state index contributed by atoms with van der Waals surface area (Å²) in [4.78, 5) is 26.0. The van der Waals surface area contributed by atoms with Crippen molar-refractivity contribution in [1.29, 1.82) is 0 Å². The van der Waals surface area contributed by atoms with Crippen LogP contribution in [0, 0.1) is 0 Å². The molecule has 7 heteroatoms. The number of imide groups is 1. The first kappa shape index (κ1) is 14.3. The van der Waals surface area contributed by atoms with Crippen LogP contribution in [0.25, 0.3) is 0 Å². The molecular weight excluding hydrogens is 338 g/mol. The van der Waals surface area contributed by atoms with Gasteiger partial charge in [-0.05, 0) is 36.7 Å². The lowest BCUT2D eigenvalue weighted by Gasteiger charge is -2.19. The predicted octanol–water partition coefficient (Wildman–Crippen LogP) is 1.24. The highest BCUT2D eigenvalue weighted by molar-refractivity contribution is 9.10. The summed E-state index contributed by atoms with van der Waals surface area (Å²) in [5.41, 5.74) is 0.0726. The summed E-state index contributed by atoms with van der Waals surface area (Å²) in [6.45, 7) is 1.46. The monoisotopic (exact) mass is 353 g/mol. The zero-order chi connectivity index (χ0) is 15.0. The molecule has 6 nitrogen and oxygen atoms in total. The number of methoxy groups -OCH3 is 1. The molecule has 2 aliphatic rings. The Morgan fingerprint density at radius 2 is 2.24 bits per heavy atom. The maximum Gasteiger partial charge on any atom is 0.325 e. The molecule has 3 rings (SSSR count). The lowest BCUT2D eigenvalue weighted by Crippen LogP contribution is -2.48.